The number of nitrogen functional groups attached to an aromatic ring is 1. The van der Waals surface area contributed by atoms with Gasteiger partial charge in [-0.2, -0.15) is 10.1 Å². The minimum atomic E-state index is -0.548. The van der Waals surface area contributed by atoms with Crippen LogP contribution in [0.2, 0.25) is 10.2 Å². The van der Waals surface area contributed by atoms with Gasteiger partial charge in [0.1, 0.15) is 5.15 Å². The van der Waals surface area contributed by atoms with Crippen LogP contribution in [0.15, 0.2) is 39.3 Å². The second-order valence-corrected chi connectivity index (χ2v) is 4.45. The molecule has 1 aromatic carbocycles. The molecule has 2 rings (SSSR count). The minimum absolute atomic E-state index is 0.0641. The summed E-state index contributed by atoms with van der Waals surface area (Å²) in [6, 6.07) is 6.73. The Morgan fingerprint density at radius 2 is 1.84 bits per heavy atom. The van der Waals surface area contributed by atoms with E-state index in [9.17, 15) is 4.79 Å². The highest BCUT2D eigenvalue weighted by molar-refractivity contribution is 6.32. The number of azo groups is 1. The highest BCUT2D eigenvalue weighted by Gasteiger charge is 2.11. The highest BCUT2D eigenvalue weighted by atomic mass is 35.5. The van der Waals surface area contributed by atoms with Crippen LogP contribution in [-0.2, 0) is 7.05 Å². The first-order valence-electron chi connectivity index (χ1n) is 5.18. The van der Waals surface area contributed by atoms with Gasteiger partial charge in [-0.3, -0.25) is 4.57 Å². The number of aromatic nitrogens is 2. The molecule has 0 radical (unpaired) electrons. The van der Waals surface area contributed by atoms with Crippen LogP contribution >= 0.6 is 23.2 Å². The fourth-order valence-corrected chi connectivity index (χ4v) is 1.62. The fraction of sp³-hybridized carbons (Fsp3) is 0.0909. The van der Waals surface area contributed by atoms with Gasteiger partial charge in [0, 0.05) is 12.1 Å². The molecule has 0 amide bonds. The first-order chi connectivity index (χ1) is 8.99. The van der Waals surface area contributed by atoms with Crippen molar-refractivity contribution in [1.29, 1.82) is 0 Å². The predicted octanol–water partition coefficient (Wildman–Crippen LogP) is 3.08. The van der Waals surface area contributed by atoms with Gasteiger partial charge in [0.05, 0.1) is 5.69 Å². The number of nitrogens with zero attached hydrogens (tertiary/aromatic N) is 4. The summed E-state index contributed by atoms with van der Waals surface area (Å²) in [5.74, 6) is -0.0641. The predicted molar refractivity (Wildman–Crippen MR) is 74.5 cm³/mol. The summed E-state index contributed by atoms with van der Waals surface area (Å²) in [5.41, 5.74) is 5.78. The molecule has 1 heterocycles. The zero-order valence-corrected chi connectivity index (χ0v) is 11.4. The van der Waals surface area contributed by atoms with Gasteiger partial charge in [-0.05, 0) is 24.3 Å². The molecule has 2 aromatic rings. The molecule has 0 unspecified atom stereocenters. The highest BCUT2D eigenvalue weighted by Crippen LogP contribution is 2.29. The number of halogens is 2. The lowest BCUT2D eigenvalue weighted by Gasteiger charge is -2.04. The lowest BCUT2D eigenvalue weighted by atomic mass is 10.3. The Balaban J connectivity index is 2.41. The zero-order chi connectivity index (χ0) is 14.0. The molecule has 0 fully saturated rings. The SMILES string of the molecule is Cn1c(Cl)c(N=Nc2ccc(Cl)cc2)c(N)nc1=O. The van der Waals surface area contributed by atoms with Crippen LogP contribution in [0.5, 0.6) is 0 Å². The number of nitrogens with two attached hydrogens (primary N) is 1. The molecule has 6 nitrogen and oxygen atoms in total. The normalized spacial score (nSPS) is 11.1. The van der Waals surface area contributed by atoms with Crippen LogP contribution in [0.4, 0.5) is 17.2 Å². The Bertz CT molecular complexity index is 693. The third-order valence-corrected chi connectivity index (χ3v) is 3.01. The van der Waals surface area contributed by atoms with Crippen molar-refractivity contribution in [2.75, 3.05) is 5.73 Å². The summed E-state index contributed by atoms with van der Waals surface area (Å²) >= 11 is 11.7. The van der Waals surface area contributed by atoms with Gasteiger partial charge in [0.2, 0.25) is 0 Å². The largest absolute Gasteiger partial charge is 0.382 e. The van der Waals surface area contributed by atoms with E-state index < -0.39 is 5.69 Å². The number of anilines is 1. The van der Waals surface area contributed by atoms with Crippen LogP contribution in [0.25, 0.3) is 0 Å². The standard InChI is InChI=1S/C11H9Cl2N5O/c1-18-9(13)8(10(14)15-11(18)19)17-16-7-4-2-6(12)3-5-7/h2-5H,1H3,(H2,14,15,19). The van der Waals surface area contributed by atoms with Crippen molar-refractivity contribution in [3.8, 4) is 0 Å². The van der Waals surface area contributed by atoms with Crippen molar-refractivity contribution in [3.63, 3.8) is 0 Å². The molecule has 0 spiro atoms. The fourth-order valence-electron chi connectivity index (χ4n) is 1.29. The molecule has 2 N–H and O–H groups in total. The third kappa shape index (κ3) is 2.91. The molecule has 0 aliphatic carbocycles. The molecule has 98 valence electrons. The van der Waals surface area contributed by atoms with Crippen molar-refractivity contribution in [2.45, 2.75) is 0 Å². The molecule has 0 saturated carbocycles. The van der Waals surface area contributed by atoms with E-state index in [4.69, 9.17) is 28.9 Å². The van der Waals surface area contributed by atoms with E-state index in [1.165, 1.54) is 7.05 Å². The van der Waals surface area contributed by atoms with Gasteiger partial charge in [0.15, 0.2) is 11.5 Å². The molecule has 0 aliphatic rings. The van der Waals surface area contributed by atoms with Crippen LogP contribution < -0.4 is 11.4 Å². The number of hydrogen-bond acceptors (Lipinski definition) is 5. The minimum Gasteiger partial charge on any atom is -0.382 e. The van der Waals surface area contributed by atoms with Crippen LogP contribution in [0.1, 0.15) is 0 Å². The van der Waals surface area contributed by atoms with E-state index in [-0.39, 0.29) is 16.7 Å². The van der Waals surface area contributed by atoms with Crippen molar-refractivity contribution in [1.82, 2.24) is 9.55 Å². The van der Waals surface area contributed by atoms with Gasteiger partial charge >= 0.3 is 5.69 Å². The summed E-state index contributed by atoms with van der Waals surface area (Å²) in [5, 5.41) is 8.54. The summed E-state index contributed by atoms with van der Waals surface area (Å²) in [6.45, 7) is 0. The maximum Gasteiger partial charge on any atom is 0.350 e. The van der Waals surface area contributed by atoms with Crippen molar-refractivity contribution < 1.29 is 0 Å². The average Bonchev–Trinajstić information content (AvgIpc) is 2.38. The molecule has 0 aliphatic heterocycles. The molecule has 19 heavy (non-hydrogen) atoms. The van der Waals surface area contributed by atoms with Crippen LogP contribution in [0, 0.1) is 0 Å². The first kappa shape index (κ1) is 13.5. The maximum absolute atomic E-state index is 11.3. The molecule has 0 atom stereocenters. The van der Waals surface area contributed by atoms with E-state index in [1.54, 1.807) is 24.3 Å². The maximum atomic E-state index is 11.3. The summed E-state index contributed by atoms with van der Waals surface area (Å²) in [7, 11) is 1.47. The zero-order valence-electron chi connectivity index (χ0n) is 9.84. The Morgan fingerprint density at radius 1 is 1.21 bits per heavy atom. The summed E-state index contributed by atoms with van der Waals surface area (Å²) < 4.78 is 1.13. The van der Waals surface area contributed by atoms with Crippen LogP contribution in [0.3, 0.4) is 0 Å². The van der Waals surface area contributed by atoms with Gasteiger partial charge in [-0.1, -0.05) is 23.2 Å². The Hall–Kier alpha value is -1.92. The van der Waals surface area contributed by atoms with Crippen LogP contribution in [-0.4, -0.2) is 9.55 Å². The molecular weight excluding hydrogens is 289 g/mol. The molecule has 0 bridgehead atoms. The lowest BCUT2D eigenvalue weighted by molar-refractivity contribution is 0.813. The van der Waals surface area contributed by atoms with E-state index in [0.29, 0.717) is 10.7 Å². The van der Waals surface area contributed by atoms with Gasteiger partial charge in [-0.25, -0.2) is 4.79 Å². The monoisotopic (exact) mass is 297 g/mol. The summed E-state index contributed by atoms with van der Waals surface area (Å²) in [4.78, 5) is 14.9. The Labute approximate surface area is 118 Å². The van der Waals surface area contributed by atoms with Gasteiger partial charge in [0.25, 0.3) is 0 Å². The van der Waals surface area contributed by atoms with E-state index in [0.717, 1.165) is 4.57 Å². The Kier molecular flexibility index (Phi) is 3.82. The Morgan fingerprint density at radius 3 is 2.47 bits per heavy atom. The third-order valence-electron chi connectivity index (χ3n) is 2.33. The molecule has 0 saturated heterocycles. The number of rotatable bonds is 2. The number of hydrogen-bond donors (Lipinski definition) is 1. The van der Waals surface area contributed by atoms with E-state index >= 15 is 0 Å². The second kappa shape index (κ2) is 5.38. The van der Waals surface area contributed by atoms with E-state index in [1.807, 2.05) is 0 Å². The van der Waals surface area contributed by atoms with Crippen molar-refractivity contribution in [2.24, 2.45) is 17.3 Å². The average molecular weight is 298 g/mol. The molecule has 8 heteroatoms. The lowest BCUT2D eigenvalue weighted by Crippen LogP contribution is -2.21. The van der Waals surface area contributed by atoms with Crippen molar-refractivity contribution >= 4 is 40.4 Å². The van der Waals surface area contributed by atoms with Crippen molar-refractivity contribution in [3.05, 3.63) is 44.9 Å². The molecular formula is C11H9Cl2N5O. The first-order valence-corrected chi connectivity index (χ1v) is 5.94. The second-order valence-electron chi connectivity index (χ2n) is 3.65. The summed E-state index contributed by atoms with van der Waals surface area (Å²) in [6.07, 6.45) is 0. The quantitative estimate of drug-likeness (QED) is 0.682. The van der Waals surface area contributed by atoms with E-state index in [2.05, 4.69) is 15.2 Å². The topological polar surface area (TPSA) is 85.6 Å². The van der Waals surface area contributed by atoms with Gasteiger partial charge < -0.3 is 5.73 Å². The number of benzene rings is 1. The smallest absolute Gasteiger partial charge is 0.350 e. The molecule has 1 aromatic heterocycles. The van der Waals surface area contributed by atoms with Gasteiger partial charge in [-0.15, -0.1) is 5.11 Å².